The molecular formula is C21H23N3O3S2. The van der Waals surface area contributed by atoms with Crippen LogP contribution in [0.5, 0.6) is 0 Å². The van der Waals surface area contributed by atoms with Gasteiger partial charge < -0.3 is 10.1 Å². The predicted octanol–water partition coefficient (Wildman–Crippen LogP) is 4.83. The second kappa shape index (κ2) is 8.92. The van der Waals surface area contributed by atoms with Gasteiger partial charge in [-0.25, -0.2) is 14.8 Å². The van der Waals surface area contributed by atoms with Gasteiger partial charge in [-0.2, -0.15) is 0 Å². The molecule has 0 aliphatic heterocycles. The van der Waals surface area contributed by atoms with E-state index in [-0.39, 0.29) is 11.7 Å². The Labute approximate surface area is 178 Å². The van der Waals surface area contributed by atoms with Gasteiger partial charge in [0.1, 0.15) is 9.90 Å². The van der Waals surface area contributed by atoms with Gasteiger partial charge >= 0.3 is 5.97 Å². The maximum Gasteiger partial charge on any atom is 0.350 e. The molecule has 0 saturated heterocycles. The number of carbonyl (C=O) groups excluding carboxylic acids is 2. The van der Waals surface area contributed by atoms with Crippen molar-refractivity contribution in [1.82, 2.24) is 9.97 Å². The van der Waals surface area contributed by atoms with E-state index in [0.717, 1.165) is 32.8 Å². The van der Waals surface area contributed by atoms with Gasteiger partial charge in [0.05, 0.1) is 23.6 Å². The molecule has 29 heavy (non-hydrogen) atoms. The van der Waals surface area contributed by atoms with E-state index in [2.05, 4.69) is 42.3 Å². The number of nitrogens with one attached hydrogen (secondary N) is 1. The third-order valence-electron chi connectivity index (χ3n) is 4.42. The Kier molecular flexibility index (Phi) is 6.54. The summed E-state index contributed by atoms with van der Waals surface area (Å²) in [5.41, 5.74) is 4.94. The Morgan fingerprint density at radius 1 is 1.07 bits per heavy atom. The normalized spacial score (nSPS) is 10.9. The molecule has 2 heterocycles. The summed E-state index contributed by atoms with van der Waals surface area (Å²) in [6.07, 6.45) is 0. The van der Waals surface area contributed by atoms with Crippen LogP contribution in [0.1, 0.15) is 39.0 Å². The van der Waals surface area contributed by atoms with Crippen LogP contribution in [0, 0.1) is 27.7 Å². The second-order valence-corrected chi connectivity index (χ2v) is 8.69. The van der Waals surface area contributed by atoms with Gasteiger partial charge in [-0.3, -0.25) is 4.79 Å². The lowest BCUT2D eigenvalue weighted by Gasteiger charge is -2.09. The Morgan fingerprint density at radius 2 is 1.76 bits per heavy atom. The first-order valence-corrected chi connectivity index (χ1v) is 11.0. The van der Waals surface area contributed by atoms with Crippen molar-refractivity contribution in [2.45, 2.75) is 39.6 Å². The molecule has 0 atom stereocenters. The first-order valence-electron chi connectivity index (χ1n) is 9.24. The highest BCUT2D eigenvalue weighted by atomic mass is 32.2. The largest absolute Gasteiger partial charge is 0.462 e. The average molecular weight is 430 g/mol. The first kappa shape index (κ1) is 21.3. The smallest absolute Gasteiger partial charge is 0.350 e. The molecule has 152 valence electrons. The van der Waals surface area contributed by atoms with E-state index in [0.29, 0.717) is 22.3 Å². The van der Waals surface area contributed by atoms with Gasteiger partial charge in [-0.1, -0.05) is 23.1 Å². The summed E-state index contributed by atoms with van der Waals surface area (Å²) in [6, 6.07) is 6.31. The maximum absolute atomic E-state index is 12.4. The Hall–Kier alpha value is -2.45. The van der Waals surface area contributed by atoms with Crippen LogP contribution in [0.15, 0.2) is 23.2 Å². The topological polar surface area (TPSA) is 81.2 Å². The van der Waals surface area contributed by atoms with Crippen molar-refractivity contribution >= 4 is 51.0 Å². The molecule has 2 aromatic heterocycles. The van der Waals surface area contributed by atoms with E-state index >= 15 is 0 Å². The van der Waals surface area contributed by atoms with Crippen LogP contribution in [0.3, 0.4) is 0 Å². The molecule has 3 rings (SSSR count). The lowest BCUT2D eigenvalue weighted by atomic mass is 10.1. The third kappa shape index (κ3) is 4.94. The van der Waals surface area contributed by atoms with Crippen molar-refractivity contribution in [2.75, 3.05) is 17.7 Å². The van der Waals surface area contributed by atoms with E-state index in [4.69, 9.17) is 9.72 Å². The number of anilines is 1. The van der Waals surface area contributed by atoms with Crippen molar-refractivity contribution in [2.24, 2.45) is 0 Å². The molecule has 1 aromatic carbocycles. The second-order valence-electron chi connectivity index (χ2n) is 6.73. The van der Waals surface area contributed by atoms with Crippen LogP contribution < -0.4 is 5.32 Å². The molecule has 0 fully saturated rings. The number of hydrogen-bond donors (Lipinski definition) is 1. The average Bonchev–Trinajstić information content (AvgIpc) is 3.02. The summed E-state index contributed by atoms with van der Waals surface area (Å²) >= 11 is 2.51. The summed E-state index contributed by atoms with van der Waals surface area (Å²) in [5.74, 6) is -0.406. The molecule has 0 aliphatic carbocycles. The van der Waals surface area contributed by atoms with Gasteiger partial charge in [0.25, 0.3) is 0 Å². The summed E-state index contributed by atoms with van der Waals surface area (Å²) in [6.45, 7) is 9.92. The highest BCUT2D eigenvalue weighted by molar-refractivity contribution is 8.00. The van der Waals surface area contributed by atoms with E-state index in [1.807, 2.05) is 6.92 Å². The number of hydrogen-bond acceptors (Lipinski definition) is 7. The zero-order valence-corrected chi connectivity index (χ0v) is 18.7. The lowest BCUT2D eigenvalue weighted by molar-refractivity contribution is -0.113. The molecule has 1 amide bonds. The molecule has 8 heteroatoms. The number of pyridine rings is 1. The lowest BCUT2D eigenvalue weighted by Crippen LogP contribution is -2.14. The first-order chi connectivity index (χ1) is 13.8. The molecule has 0 unspecified atom stereocenters. The number of esters is 1. The van der Waals surface area contributed by atoms with Gasteiger partial charge in [-0.05, 0) is 69.5 Å². The fourth-order valence-electron chi connectivity index (χ4n) is 2.80. The minimum Gasteiger partial charge on any atom is -0.462 e. The highest BCUT2D eigenvalue weighted by Crippen LogP contribution is 2.27. The molecule has 1 N–H and O–H groups in total. The van der Waals surface area contributed by atoms with Gasteiger partial charge in [0.15, 0.2) is 5.13 Å². The highest BCUT2D eigenvalue weighted by Gasteiger charge is 2.18. The minimum absolute atomic E-state index is 0.194. The summed E-state index contributed by atoms with van der Waals surface area (Å²) < 4.78 is 5.00. The molecule has 0 saturated carbocycles. The van der Waals surface area contributed by atoms with Crippen molar-refractivity contribution in [3.8, 4) is 0 Å². The predicted molar refractivity (Wildman–Crippen MR) is 118 cm³/mol. The number of carbonyl (C=O) groups is 2. The van der Waals surface area contributed by atoms with Crippen molar-refractivity contribution < 1.29 is 14.3 Å². The van der Waals surface area contributed by atoms with Crippen LogP contribution in [-0.2, 0) is 9.53 Å². The molecular weight excluding hydrogens is 406 g/mol. The van der Waals surface area contributed by atoms with Gasteiger partial charge in [-0.15, -0.1) is 0 Å². The number of amides is 1. The molecule has 0 radical (unpaired) electrons. The van der Waals surface area contributed by atoms with Gasteiger partial charge in [0.2, 0.25) is 5.91 Å². The van der Waals surface area contributed by atoms with Crippen molar-refractivity contribution in [3.63, 3.8) is 0 Å². The van der Waals surface area contributed by atoms with E-state index < -0.39 is 5.97 Å². The number of rotatable bonds is 6. The van der Waals surface area contributed by atoms with Crippen LogP contribution in [0.2, 0.25) is 0 Å². The molecule has 0 aliphatic rings. The number of ether oxygens (including phenoxy) is 1. The number of benzene rings is 1. The van der Waals surface area contributed by atoms with Crippen LogP contribution in [0.25, 0.3) is 10.9 Å². The summed E-state index contributed by atoms with van der Waals surface area (Å²) in [5, 5.41) is 5.08. The van der Waals surface area contributed by atoms with Crippen LogP contribution >= 0.6 is 23.1 Å². The number of fused-ring (bicyclic) bond motifs is 1. The van der Waals surface area contributed by atoms with Crippen LogP contribution in [0.4, 0.5) is 5.13 Å². The van der Waals surface area contributed by atoms with E-state index in [9.17, 15) is 9.59 Å². The van der Waals surface area contributed by atoms with Gasteiger partial charge in [0, 0.05) is 5.39 Å². The van der Waals surface area contributed by atoms with Crippen molar-refractivity contribution in [1.29, 1.82) is 0 Å². The van der Waals surface area contributed by atoms with E-state index in [1.165, 1.54) is 22.9 Å². The minimum atomic E-state index is -0.418. The fraction of sp³-hybridized carbons (Fsp3) is 0.333. The molecule has 3 aromatic rings. The number of nitrogens with zero attached hydrogens (tertiary/aromatic N) is 2. The van der Waals surface area contributed by atoms with E-state index in [1.54, 1.807) is 13.8 Å². The third-order valence-corrected chi connectivity index (χ3v) is 6.56. The monoisotopic (exact) mass is 429 g/mol. The Bertz CT molecular complexity index is 1090. The fourth-order valence-corrected chi connectivity index (χ4v) is 4.47. The van der Waals surface area contributed by atoms with Crippen LogP contribution in [-0.4, -0.2) is 34.2 Å². The standard InChI is InChI=1S/C21H23N3O3S2/c1-6-27-20(26)18-14(5)22-21(29-18)24-17(25)10-28-19-13(4)8-15-7-11(2)12(3)9-16(15)23-19/h7-9H,6,10H2,1-5H3,(H,22,24,25). The molecule has 0 bridgehead atoms. The summed E-state index contributed by atoms with van der Waals surface area (Å²) in [7, 11) is 0. The number of thioether (sulfide) groups is 1. The quantitative estimate of drug-likeness (QED) is 0.446. The zero-order valence-electron chi connectivity index (χ0n) is 17.1. The number of aryl methyl sites for hydroxylation is 4. The van der Waals surface area contributed by atoms with Crippen molar-refractivity contribution in [3.05, 3.63) is 45.5 Å². The number of thiazole rings is 1. The Morgan fingerprint density at radius 3 is 2.48 bits per heavy atom. The molecule has 6 nitrogen and oxygen atoms in total. The maximum atomic E-state index is 12.4. The Balaban J connectivity index is 1.68. The summed E-state index contributed by atoms with van der Waals surface area (Å²) in [4.78, 5) is 33.6. The zero-order chi connectivity index (χ0) is 21.1. The number of aromatic nitrogens is 2. The SMILES string of the molecule is CCOC(=O)c1sc(NC(=O)CSc2nc3cc(C)c(C)cc3cc2C)nc1C. The molecule has 0 spiro atoms.